The highest BCUT2D eigenvalue weighted by Crippen LogP contribution is 2.60. The zero-order chi connectivity index (χ0) is 21.1. The van der Waals surface area contributed by atoms with E-state index in [1.807, 2.05) is 0 Å². The molecule has 174 valence electrons. The van der Waals surface area contributed by atoms with E-state index in [0.717, 1.165) is 60.2 Å². The molecule has 4 saturated carbocycles. The zero-order valence-corrected chi connectivity index (χ0v) is 20.5. The molecule has 0 aliphatic heterocycles. The van der Waals surface area contributed by atoms with Gasteiger partial charge < -0.3 is 5.11 Å². The van der Waals surface area contributed by atoms with Crippen LogP contribution in [-0.2, 0) is 0 Å². The van der Waals surface area contributed by atoms with Crippen LogP contribution >= 0.6 is 0 Å². The zero-order valence-electron chi connectivity index (χ0n) is 20.5. The SMILES string of the molecule is C.CC(C)C1CC2(CC(O)C2)C1.CC(C)CC1CC(C)C1.CC1CC(C(C)C)C1. The number of aliphatic hydroxyl groups is 1. The number of aliphatic hydroxyl groups excluding tert-OH is 1. The Morgan fingerprint density at radius 3 is 1.45 bits per heavy atom. The molecular weight excluding hydrogens is 352 g/mol. The maximum absolute atomic E-state index is 9.17. The van der Waals surface area contributed by atoms with Crippen LogP contribution in [0.3, 0.4) is 0 Å². The van der Waals surface area contributed by atoms with E-state index in [0.29, 0.717) is 5.41 Å². The molecule has 0 heterocycles. The predicted molar refractivity (Wildman–Crippen MR) is 130 cm³/mol. The third-order valence-electron chi connectivity index (χ3n) is 8.30. The van der Waals surface area contributed by atoms with Crippen LogP contribution in [0.25, 0.3) is 0 Å². The van der Waals surface area contributed by atoms with Gasteiger partial charge in [-0.1, -0.05) is 62.8 Å². The quantitative estimate of drug-likeness (QED) is 0.493. The second kappa shape index (κ2) is 11.5. The monoisotopic (exact) mass is 408 g/mol. The van der Waals surface area contributed by atoms with Gasteiger partial charge in [0.2, 0.25) is 0 Å². The standard InChI is InChI=1S/C10H18O.C9H18.C8H16.CH4/c1-7(2)8-3-10(4-8)5-9(11)6-10;1-7(2)4-9-5-8(3)6-9;1-6(2)8-4-7(3)5-8;/h7-9,11H,3-6H2,1-2H3;7-9H,4-6H2,1-3H3;6-8H,4-5H2,1-3H3;1H4. The lowest BCUT2D eigenvalue weighted by Crippen LogP contribution is -2.51. The topological polar surface area (TPSA) is 20.2 Å². The number of hydrogen-bond acceptors (Lipinski definition) is 1. The highest BCUT2D eigenvalue weighted by molar-refractivity contribution is 5.03. The fourth-order valence-corrected chi connectivity index (χ4v) is 6.23. The van der Waals surface area contributed by atoms with Gasteiger partial charge in [0.05, 0.1) is 6.10 Å². The first-order valence-electron chi connectivity index (χ1n) is 12.7. The van der Waals surface area contributed by atoms with E-state index in [4.69, 9.17) is 0 Å². The summed E-state index contributed by atoms with van der Waals surface area (Å²) < 4.78 is 0. The van der Waals surface area contributed by atoms with Crippen molar-refractivity contribution in [3.63, 3.8) is 0 Å². The normalized spacial score (nSPS) is 39.7. The predicted octanol–water partition coefficient (Wildman–Crippen LogP) is 8.60. The summed E-state index contributed by atoms with van der Waals surface area (Å²) in [5.41, 5.74) is 0.619. The summed E-state index contributed by atoms with van der Waals surface area (Å²) in [5, 5.41) is 9.17. The minimum atomic E-state index is 0. The number of hydrogen-bond donors (Lipinski definition) is 1. The van der Waals surface area contributed by atoms with Crippen LogP contribution in [0.5, 0.6) is 0 Å². The van der Waals surface area contributed by atoms with Crippen LogP contribution in [-0.4, -0.2) is 11.2 Å². The van der Waals surface area contributed by atoms with E-state index >= 15 is 0 Å². The van der Waals surface area contributed by atoms with Crippen molar-refractivity contribution in [3.8, 4) is 0 Å². The Kier molecular flexibility index (Phi) is 10.7. The van der Waals surface area contributed by atoms with Gasteiger partial charge in [0.15, 0.2) is 0 Å². The van der Waals surface area contributed by atoms with Crippen molar-refractivity contribution < 1.29 is 5.11 Å². The molecule has 0 bridgehead atoms. The number of rotatable bonds is 4. The minimum absolute atomic E-state index is 0. The van der Waals surface area contributed by atoms with Gasteiger partial charge in [-0.2, -0.15) is 0 Å². The lowest BCUT2D eigenvalue weighted by atomic mass is 9.49. The first-order chi connectivity index (χ1) is 13.0. The van der Waals surface area contributed by atoms with Crippen molar-refractivity contribution in [2.45, 2.75) is 127 Å². The molecule has 0 atom stereocenters. The van der Waals surface area contributed by atoms with Crippen LogP contribution in [0.15, 0.2) is 0 Å². The van der Waals surface area contributed by atoms with E-state index in [1.54, 1.807) is 0 Å². The van der Waals surface area contributed by atoms with Crippen molar-refractivity contribution in [1.82, 2.24) is 0 Å². The molecule has 1 N–H and O–H groups in total. The molecule has 4 aliphatic carbocycles. The van der Waals surface area contributed by atoms with Gasteiger partial charge in [0.25, 0.3) is 0 Å². The smallest absolute Gasteiger partial charge is 0.0550 e. The van der Waals surface area contributed by atoms with Gasteiger partial charge in [0, 0.05) is 0 Å². The molecule has 0 aromatic rings. The van der Waals surface area contributed by atoms with E-state index in [1.165, 1.54) is 44.9 Å². The molecule has 4 fully saturated rings. The van der Waals surface area contributed by atoms with Gasteiger partial charge in [-0.25, -0.2) is 0 Å². The van der Waals surface area contributed by atoms with Crippen molar-refractivity contribution in [3.05, 3.63) is 0 Å². The molecule has 0 aromatic heterocycles. The van der Waals surface area contributed by atoms with E-state index in [9.17, 15) is 5.11 Å². The maximum Gasteiger partial charge on any atom is 0.0550 e. The van der Waals surface area contributed by atoms with Gasteiger partial charge in [-0.15, -0.1) is 0 Å². The average Bonchev–Trinajstić information content (AvgIpc) is 2.45. The highest BCUT2D eigenvalue weighted by Gasteiger charge is 2.52. The summed E-state index contributed by atoms with van der Waals surface area (Å²) in [5.74, 6) is 7.88. The summed E-state index contributed by atoms with van der Waals surface area (Å²) in [6, 6.07) is 0. The summed E-state index contributed by atoms with van der Waals surface area (Å²) in [6.07, 6.45) is 12.4. The van der Waals surface area contributed by atoms with Gasteiger partial charge in [-0.3, -0.25) is 0 Å². The molecule has 29 heavy (non-hydrogen) atoms. The van der Waals surface area contributed by atoms with Crippen molar-refractivity contribution in [2.24, 2.45) is 52.8 Å². The molecule has 4 aliphatic rings. The van der Waals surface area contributed by atoms with E-state index < -0.39 is 0 Å². The van der Waals surface area contributed by atoms with Crippen molar-refractivity contribution >= 4 is 0 Å². The molecule has 0 aromatic carbocycles. The summed E-state index contributed by atoms with van der Waals surface area (Å²) in [4.78, 5) is 0. The highest BCUT2D eigenvalue weighted by atomic mass is 16.3. The summed E-state index contributed by atoms with van der Waals surface area (Å²) in [6.45, 7) is 18.6. The molecular formula is C28H56O. The van der Waals surface area contributed by atoms with E-state index in [2.05, 4.69) is 55.4 Å². The van der Waals surface area contributed by atoms with Crippen LogP contribution in [0.2, 0.25) is 0 Å². The Labute approximate surface area is 184 Å². The molecule has 4 rings (SSSR count). The molecule has 1 heteroatoms. The second-order valence-electron chi connectivity index (χ2n) is 12.6. The van der Waals surface area contributed by atoms with Crippen LogP contribution in [0, 0.1) is 52.8 Å². The molecule has 0 unspecified atom stereocenters. The summed E-state index contributed by atoms with van der Waals surface area (Å²) >= 11 is 0. The Balaban J connectivity index is 0.000000217. The summed E-state index contributed by atoms with van der Waals surface area (Å²) in [7, 11) is 0. The Bertz CT molecular complexity index is 425. The van der Waals surface area contributed by atoms with Crippen LogP contribution < -0.4 is 0 Å². The molecule has 1 nitrogen and oxygen atoms in total. The Hall–Kier alpha value is -0.0400. The molecule has 1 spiro atoms. The molecule has 0 saturated heterocycles. The van der Waals surface area contributed by atoms with Gasteiger partial charge >= 0.3 is 0 Å². The van der Waals surface area contributed by atoms with Crippen molar-refractivity contribution in [1.29, 1.82) is 0 Å². The average molecular weight is 409 g/mol. The van der Waals surface area contributed by atoms with Crippen molar-refractivity contribution in [2.75, 3.05) is 0 Å². The molecule has 0 amide bonds. The lowest BCUT2D eigenvalue weighted by molar-refractivity contribution is -0.120. The first kappa shape index (κ1) is 27.0. The first-order valence-corrected chi connectivity index (χ1v) is 12.7. The fraction of sp³-hybridized carbons (Fsp3) is 1.00. The fourth-order valence-electron chi connectivity index (χ4n) is 6.23. The third-order valence-corrected chi connectivity index (χ3v) is 8.30. The van der Waals surface area contributed by atoms with Gasteiger partial charge in [0.1, 0.15) is 0 Å². The van der Waals surface area contributed by atoms with Crippen LogP contribution in [0.4, 0.5) is 0 Å². The Morgan fingerprint density at radius 1 is 0.724 bits per heavy atom. The largest absolute Gasteiger partial charge is 0.393 e. The van der Waals surface area contributed by atoms with Crippen LogP contribution in [0.1, 0.15) is 121 Å². The minimum Gasteiger partial charge on any atom is -0.393 e. The third kappa shape index (κ3) is 8.19. The lowest BCUT2D eigenvalue weighted by Gasteiger charge is -2.57. The van der Waals surface area contributed by atoms with E-state index in [-0.39, 0.29) is 13.5 Å². The maximum atomic E-state index is 9.17. The molecule has 0 radical (unpaired) electrons. The Morgan fingerprint density at radius 2 is 1.17 bits per heavy atom. The van der Waals surface area contributed by atoms with Gasteiger partial charge in [-0.05, 0) is 111 Å². The second-order valence-corrected chi connectivity index (χ2v) is 12.6.